The van der Waals surface area contributed by atoms with Crippen molar-refractivity contribution in [2.24, 2.45) is 0 Å². The monoisotopic (exact) mass is 219 g/mol. The van der Waals surface area contributed by atoms with E-state index in [-0.39, 0.29) is 22.4 Å². The van der Waals surface area contributed by atoms with E-state index in [1.54, 1.807) is 6.92 Å². The number of amides is 1. The average molecular weight is 219 g/mol. The molecule has 1 unspecified atom stereocenters. The summed E-state index contributed by atoms with van der Waals surface area (Å²) in [5.74, 6) is -1.06. The quantitative estimate of drug-likeness (QED) is 0.743. The van der Waals surface area contributed by atoms with E-state index in [1.165, 1.54) is 0 Å². The Kier molecular flexibility index (Phi) is 4.97. The number of hydrogen-bond donors (Lipinski definition) is 2. The van der Waals surface area contributed by atoms with E-state index in [9.17, 15) is 9.59 Å². The molecule has 0 saturated heterocycles. The number of thioether (sulfide) groups is 1. The molecule has 0 aromatic rings. The van der Waals surface area contributed by atoms with Crippen molar-refractivity contribution in [3.05, 3.63) is 0 Å². The van der Waals surface area contributed by atoms with Crippen LogP contribution in [0.5, 0.6) is 0 Å². The Hall–Kier alpha value is -0.710. The molecule has 4 nitrogen and oxygen atoms in total. The molecule has 0 heterocycles. The van der Waals surface area contributed by atoms with Crippen molar-refractivity contribution in [1.82, 2.24) is 5.32 Å². The van der Waals surface area contributed by atoms with E-state index >= 15 is 0 Å². The summed E-state index contributed by atoms with van der Waals surface area (Å²) in [5, 5.41) is 10.9. The molecule has 0 saturated carbocycles. The van der Waals surface area contributed by atoms with Gasteiger partial charge in [0.1, 0.15) is 0 Å². The molecule has 0 aromatic carbocycles. The van der Waals surface area contributed by atoms with Gasteiger partial charge in [-0.1, -0.05) is 0 Å². The molecule has 1 amide bonds. The van der Waals surface area contributed by atoms with Gasteiger partial charge >= 0.3 is 5.97 Å². The summed E-state index contributed by atoms with van der Waals surface area (Å²) in [5.41, 5.74) is -0.269. The Morgan fingerprint density at radius 2 is 1.93 bits per heavy atom. The Balaban J connectivity index is 3.94. The molecule has 82 valence electrons. The van der Waals surface area contributed by atoms with Gasteiger partial charge in [0.15, 0.2) is 0 Å². The van der Waals surface area contributed by atoms with Gasteiger partial charge in [-0.25, -0.2) is 0 Å². The molecule has 1 atom stereocenters. The fourth-order valence-electron chi connectivity index (χ4n) is 0.743. The lowest BCUT2D eigenvalue weighted by Gasteiger charge is -2.22. The highest BCUT2D eigenvalue weighted by atomic mass is 32.2. The number of carbonyl (C=O) groups excluding carboxylic acids is 1. The van der Waals surface area contributed by atoms with E-state index < -0.39 is 5.97 Å². The number of rotatable bonds is 4. The summed E-state index contributed by atoms with van der Waals surface area (Å²) in [4.78, 5) is 21.7. The van der Waals surface area contributed by atoms with Crippen LogP contribution in [-0.4, -0.2) is 33.5 Å². The topological polar surface area (TPSA) is 66.4 Å². The molecule has 0 aromatic heterocycles. The smallest absolute Gasteiger partial charge is 0.313 e. The highest BCUT2D eigenvalue weighted by Gasteiger charge is 2.19. The number of carboxylic acids is 1. The molecule has 14 heavy (non-hydrogen) atoms. The van der Waals surface area contributed by atoms with Crippen LogP contribution in [0.2, 0.25) is 0 Å². The number of carboxylic acid groups (broad SMARTS) is 1. The second-order valence-electron chi connectivity index (χ2n) is 4.09. The number of aliphatic carboxylic acids is 1. The predicted molar refractivity (Wildman–Crippen MR) is 57.5 cm³/mol. The largest absolute Gasteiger partial charge is 0.481 e. The van der Waals surface area contributed by atoms with Gasteiger partial charge in [0, 0.05) is 5.54 Å². The van der Waals surface area contributed by atoms with Crippen LogP contribution in [0.25, 0.3) is 0 Å². The lowest BCUT2D eigenvalue weighted by Crippen LogP contribution is -2.44. The number of nitrogens with one attached hydrogen (secondary N) is 1. The molecule has 5 heteroatoms. The third-order valence-corrected chi connectivity index (χ3v) is 2.45. The summed E-state index contributed by atoms with van der Waals surface area (Å²) in [6.45, 7) is 7.37. The third-order valence-electron chi connectivity index (χ3n) is 1.32. The second kappa shape index (κ2) is 5.24. The SMILES string of the molecule is CC(SCC(=O)O)C(=O)NC(C)(C)C. The first kappa shape index (κ1) is 13.3. The van der Waals surface area contributed by atoms with Crippen molar-refractivity contribution in [3.63, 3.8) is 0 Å². The molecule has 0 aliphatic heterocycles. The highest BCUT2D eigenvalue weighted by molar-refractivity contribution is 8.01. The van der Waals surface area contributed by atoms with Gasteiger partial charge in [0.2, 0.25) is 5.91 Å². The molecular weight excluding hydrogens is 202 g/mol. The standard InChI is InChI=1S/C9H17NO3S/c1-6(14-5-7(11)12)8(13)10-9(2,3)4/h6H,5H2,1-4H3,(H,10,13)(H,11,12). The van der Waals surface area contributed by atoms with Gasteiger partial charge in [-0.15, -0.1) is 11.8 Å². The lowest BCUT2D eigenvalue weighted by atomic mass is 10.1. The molecule has 0 radical (unpaired) electrons. The van der Waals surface area contributed by atoms with Crippen molar-refractivity contribution >= 4 is 23.6 Å². The molecule has 0 aliphatic rings. The van der Waals surface area contributed by atoms with Crippen molar-refractivity contribution in [1.29, 1.82) is 0 Å². The van der Waals surface area contributed by atoms with Crippen LogP contribution in [0.1, 0.15) is 27.7 Å². The van der Waals surface area contributed by atoms with Crippen molar-refractivity contribution in [3.8, 4) is 0 Å². The van der Waals surface area contributed by atoms with Gasteiger partial charge in [-0.2, -0.15) is 0 Å². The molecule has 0 aliphatic carbocycles. The normalized spacial score (nSPS) is 13.4. The lowest BCUT2D eigenvalue weighted by molar-refractivity contribution is -0.133. The molecule has 2 N–H and O–H groups in total. The minimum atomic E-state index is -0.898. The Morgan fingerprint density at radius 1 is 1.43 bits per heavy atom. The number of carbonyl (C=O) groups is 2. The van der Waals surface area contributed by atoms with E-state index in [0.717, 1.165) is 11.8 Å². The molecular formula is C9H17NO3S. The maximum atomic E-state index is 11.4. The van der Waals surface area contributed by atoms with Crippen LogP contribution in [0.15, 0.2) is 0 Å². The highest BCUT2D eigenvalue weighted by Crippen LogP contribution is 2.11. The predicted octanol–water partition coefficient (Wildman–Crippen LogP) is 1.11. The van der Waals surface area contributed by atoms with Gasteiger partial charge in [0.25, 0.3) is 0 Å². The van der Waals surface area contributed by atoms with Gasteiger partial charge in [0.05, 0.1) is 11.0 Å². The van der Waals surface area contributed by atoms with Crippen LogP contribution in [0, 0.1) is 0 Å². The molecule has 0 spiro atoms. The zero-order valence-electron chi connectivity index (χ0n) is 8.96. The van der Waals surface area contributed by atoms with Crippen molar-refractivity contribution in [2.45, 2.75) is 38.5 Å². The van der Waals surface area contributed by atoms with Crippen molar-refractivity contribution < 1.29 is 14.7 Å². The zero-order valence-corrected chi connectivity index (χ0v) is 9.77. The van der Waals surface area contributed by atoms with Gasteiger partial charge in [-0.05, 0) is 27.7 Å². The fraction of sp³-hybridized carbons (Fsp3) is 0.778. The van der Waals surface area contributed by atoms with Crippen LogP contribution in [-0.2, 0) is 9.59 Å². The van der Waals surface area contributed by atoms with E-state index in [1.807, 2.05) is 20.8 Å². The first-order chi connectivity index (χ1) is 6.22. The van der Waals surface area contributed by atoms with Crippen LogP contribution >= 0.6 is 11.8 Å². The Labute approximate surface area is 88.4 Å². The summed E-state index contributed by atoms with van der Waals surface area (Å²) in [7, 11) is 0. The summed E-state index contributed by atoms with van der Waals surface area (Å²) in [6.07, 6.45) is 0. The van der Waals surface area contributed by atoms with E-state index in [0.29, 0.717) is 0 Å². The minimum absolute atomic E-state index is 0.0429. The maximum absolute atomic E-state index is 11.4. The first-order valence-electron chi connectivity index (χ1n) is 4.38. The van der Waals surface area contributed by atoms with Crippen LogP contribution < -0.4 is 5.32 Å². The van der Waals surface area contributed by atoms with Crippen LogP contribution in [0.3, 0.4) is 0 Å². The summed E-state index contributed by atoms with van der Waals surface area (Å²) in [6, 6.07) is 0. The first-order valence-corrected chi connectivity index (χ1v) is 5.42. The fourth-order valence-corrected chi connectivity index (χ4v) is 1.35. The Bertz CT molecular complexity index is 223. The zero-order chi connectivity index (χ0) is 11.4. The molecule has 0 fully saturated rings. The third kappa shape index (κ3) is 6.77. The minimum Gasteiger partial charge on any atom is -0.481 e. The summed E-state index contributed by atoms with van der Waals surface area (Å²) >= 11 is 1.12. The number of hydrogen-bond acceptors (Lipinski definition) is 3. The molecule has 0 rings (SSSR count). The van der Waals surface area contributed by atoms with Crippen LogP contribution in [0.4, 0.5) is 0 Å². The van der Waals surface area contributed by atoms with Crippen molar-refractivity contribution in [2.75, 3.05) is 5.75 Å². The van der Waals surface area contributed by atoms with E-state index in [4.69, 9.17) is 5.11 Å². The average Bonchev–Trinajstić information content (AvgIpc) is 1.96. The maximum Gasteiger partial charge on any atom is 0.313 e. The van der Waals surface area contributed by atoms with E-state index in [2.05, 4.69) is 5.32 Å². The summed E-state index contributed by atoms with van der Waals surface area (Å²) < 4.78 is 0. The second-order valence-corrected chi connectivity index (χ2v) is 5.42. The Morgan fingerprint density at radius 3 is 2.29 bits per heavy atom. The van der Waals surface area contributed by atoms with Gasteiger partial charge in [-0.3, -0.25) is 9.59 Å². The van der Waals surface area contributed by atoms with Gasteiger partial charge < -0.3 is 10.4 Å². The molecule has 0 bridgehead atoms.